The quantitative estimate of drug-likeness (QED) is 0.771. The van der Waals surface area contributed by atoms with Crippen molar-refractivity contribution in [2.24, 2.45) is 0 Å². The molecule has 2 aromatic rings. The van der Waals surface area contributed by atoms with Crippen LogP contribution < -0.4 is 9.47 Å². The minimum absolute atomic E-state index is 0.850. The van der Waals surface area contributed by atoms with E-state index in [9.17, 15) is 0 Å². The van der Waals surface area contributed by atoms with Crippen molar-refractivity contribution in [1.82, 2.24) is 0 Å². The molecule has 2 nitrogen and oxygen atoms in total. The Balaban J connectivity index is 2.32. The molecular weight excluding hydrogens is 224 g/mol. The zero-order valence-electron chi connectivity index (χ0n) is 10.8. The second kappa shape index (κ2) is 6.10. The van der Waals surface area contributed by atoms with Crippen molar-refractivity contribution in [3.05, 3.63) is 54.1 Å². The van der Waals surface area contributed by atoms with Gasteiger partial charge in [-0.1, -0.05) is 37.6 Å². The number of hydrogen-bond acceptors (Lipinski definition) is 2. The molecule has 0 unspecified atom stereocenters. The minimum Gasteiger partial charge on any atom is -0.496 e. The van der Waals surface area contributed by atoms with E-state index in [1.807, 2.05) is 48.5 Å². The van der Waals surface area contributed by atoms with E-state index in [0.717, 1.165) is 35.7 Å². The third-order valence-corrected chi connectivity index (χ3v) is 2.78. The second-order valence-corrected chi connectivity index (χ2v) is 4.10. The zero-order chi connectivity index (χ0) is 12.8. The third-order valence-electron chi connectivity index (χ3n) is 2.78. The fourth-order valence-electron chi connectivity index (χ4n) is 1.94. The van der Waals surface area contributed by atoms with Gasteiger partial charge in [0, 0.05) is 5.56 Å². The molecule has 0 saturated heterocycles. The molecule has 0 saturated carbocycles. The number of ether oxygens (including phenoxy) is 2. The van der Waals surface area contributed by atoms with Gasteiger partial charge in [0.1, 0.15) is 17.2 Å². The summed E-state index contributed by atoms with van der Waals surface area (Å²) in [5.41, 5.74) is 1.13. The van der Waals surface area contributed by atoms with Crippen molar-refractivity contribution >= 4 is 0 Å². The van der Waals surface area contributed by atoms with Crippen LogP contribution in [0, 0.1) is 0 Å². The van der Waals surface area contributed by atoms with Crippen LogP contribution in [-0.2, 0) is 6.42 Å². The SMILES string of the molecule is CCCc1c(OC)cccc1Oc1ccccc1. The van der Waals surface area contributed by atoms with E-state index in [4.69, 9.17) is 9.47 Å². The summed E-state index contributed by atoms with van der Waals surface area (Å²) in [6, 6.07) is 15.7. The highest BCUT2D eigenvalue weighted by atomic mass is 16.5. The molecule has 0 radical (unpaired) electrons. The second-order valence-electron chi connectivity index (χ2n) is 4.10. The number of para-hydroxylation sites is 1. The summed E-state index contributed by atoms with van der Waals surface area (Å²) in [7, 11) is 1.70. The zero-order valence-corrected chi connectivity index (χ0v) is 10.8. The molecule has 18 heavy (non-hydrogen) atoms. The smallest absolute Gasteiger partial charge is 0.134 e. The van der Waals surface area contributed by atoms with Gasteiger partial charge in [0.25, 0.3) is 0 Å². The summed E-state index contributed by atoms with van der Waals surface area (Å²) in [5.74, 6) is 2.62. The predicted molar refractivity (Wildman–Crippen MR) is 73.5 cm³/mol. The Hall–Kier alpha value is -1.96. The lowest BCUT2D eigenvalue weighted by molar-refractivity contribution is 0.401. The van der Waals surface area contributed by atoms with Gasteiger partial charge in [0.05, 0.1) is 7.11 Å². The monoisotopic (exact) mass is 242 g/mol. The van der Waals surface area contributed by atoms with Crippen molar-refractivity contribution in [3.63, 3.8) is 0 Å². The lowest BCUT2D eigenvalue weighted by atomic mass is 10.1. The molecule has 2 rings (SSSR count). The van der Waals surface area contributed by atoms with Crippen LogP contribution in [0.5, 0.6) is 17.2 Å². The molecule has 0 amide bonds. The summed E-state index contributed by atoms with van der Waals surface area (Å²) >= 11 is 0. The standard InChI is InChI=1S/C16H18O2/c1-3-8-14-15(17-2)11-7-12-16(14)18-13-9-5-4-6-10-13/h4-7,9-12H,3,8H2,1-2H3. The van der Waals surface area contributed by atoms with Crippen molar-refractivity contribution in [2.45, 2.75) is 19.8 Å². The van der Waals surface area contributed by atoms with Gasteiger partial charge in [0.2, 0.25) is 0 Å². The molecule has 0 aliphatic carbocycles. The van der Waals surface area contributed by atoms with Crippen molar-refractivity contribution in [1.29, 1.82) is 0 Å². The molecule has 0 aliphatic heterocycles. The molecule has 0 bridgehead atoms. The minimum atomic E-state index is 0.850. The van der Waals surface area contributed by atoms with E-state index in [0.29, 0.717) is 0 Å². The molecule has 2 heteroatoms. The first-order chi connectivity index (χ1) is 8.85. The molecule has 2 aromatic carbocycles. The molecule has 0 aromatic heterocycles. The van der Waals surface area contributed by atoms with Crippen LogP contribution in [0.2, 0.25) is 0 Å². The Morgan fingerprint density at radius 2 is 1.61 bits per heavy atom. The van der Waals surface area contributed by atoms with E-state index in [1.54, 1.807) is 7.11 Å². The van der Waals surface area contributed by atoms with Gasteiger partial charge in [-0.05, 0) is 30.7 Å². The van der Waals surface area contributed by atoms with Gasteiger partial charge in [0.15, 0.2) is 0 Å². The van der Waals surface area contributed by atoms with Gasteiger partial charge in [-0.3, -0.25) is 0 Å². The molecule has 0 N–H and O–H groups in total. The fraction of sp³-hybridized carbons (Fsp3) is 0.250. The van der Waals surface area contributed by atoms with E-state index >= 15 is 0 Å². The van der Waals surface area contributed by atoms with Crippen LogP contribution in [0.25, 0.3) is 0 Å². The summed E-state index contributed by atoms with van der Waals surface area (Å²) in [5, 5.41) is 0. The average molecular weight is 242 g/mol. The predicted octanol–water partition coefficient (Wildman–Crippen LogP) is 4.44. The molecule has 0 aliphatic rings. The summed E-state index contributed by atoms with van der Waals surface area (Å²) < 4.78 is 11.3. The maximum atomic E-state index is 5.92. The Morgan fingerprint density at radius 1 is 0.889 bits per heavy atom. The molecule has 0 spiro atoms. The lowest BCUT2D eigenvalue weighted by Gasteiger charge is -2.14. The van der Waals surface area contributed by atoms with Gasteiger partial charge in [-0.15, -0.1) is 0 Å². The van der Waals surface area contributed by atoms with Crippen LogP contribution in [0.3, 0.4) is 0 Å². The third kappa shape index (κ3) is 2.83. The summed E-state index contributed by atoms with van der Waals surface area (Å²) in [6.07, 6.45) is 2.01. The first kappa shape index (κ1) is 12.5. The molecule has 0 fully saturated rings. The van der Waals surface area contributed by atoms with Gasteiger partial charge < -0.3 is 9.47 Å². The Morgan fingerprint density at radius 3 is 2.28 bits per heavy atom. The number of methoxy groups -OCH3 is 1. The van der Waals surface area contributed by atoms with Gasteiger partial charge in [-0.2, -0.15) is 0 Å². The first-order valence-corrected chi connectivity index (χ1v) is 6.24. The highest BCUT2D eigenvalue weighted by Crippen LogP contribution is 2.32. The van der Waals surface area contributed by atoms with Crippen LogP contribution in [0.15, 0.2) is 48.5 Å². The van der Waals surface area contributed by atoms with Crippen LogP contribution in [-0.4, -0.2) is 7.11 Å². The maximum absolute atomic E-state index is 5.92. The highest BCUT2D eigenvalue weighted by molar-refractivity contribution is 5.46. The largest absolute Gasteiger partial charge is 0.496 e. The molecule has 0 atom stereocenters. The van der Waals surface area contributed by atoms with Crippen LogP contribution in [0.4, 0.5) is 0 Å². The highest BCUT2D eigenvalue weighted by Gasteiger charge is 2.09. The Kier molecular flexibility index (Phi) is 4.24. The van der Waals surface area contributed by atoms with Crippen LogP contribution >= 0.6 is 0 Å². The number of benzene rings is 2. The lowest BCUT2D eigenvalue weighted by Crippen LogP contribution is -1.96. The van der Waals surface area contributed by atoms with Crippen LogP contribution in [0.1, 0.15) is 18.9 Å². The van der Waals surface area contributed by atoms with Crippen molar-refractivity contribution < 1.29 is 9.47 Å². The average Bonchev–Trinajstić information content (AvgIpc) is 2.42. The topological polar surface area (TPSA) is 18.5 Å². The molecule has 94 valence electrons. The fourth-order valence-corrected chi connectivity index (χ4v) is 1.94. The Bertz CT molecular complexity index is 492. The van der Waals surface area contributed by atoms with E-state index < -0.39 is 0 Å². The first-order valence-electron chi connectivity index (χ1n) is 6.24. The van der Waals surface area contributed by atoms with E-state index in [-0.39, 0.29) is 0 Å². The van der Waals surface area contributed by atoms with Gasteiger partial charge in [-0.25, -0.2) is 0 Å². The van der Waals surface area contributed by atoms with Crippen molar-refractivity contribution in [2.75, 3.05) is 7.11 Å². The van der Waals surface area contributed by atoms with Gasteiger partial charge >= 0.3 is 0 Å². The maximum Gasteiger partial charge on any atom is 0.134 e. The summed E-state index contributed by atoms with van der Waals surface area (Å²) in [6.45, 7) is 2.15. The van der Waals surface area contributed by atoms with E-state index in [2.05, 4.69) is 6.92 Å². The molecule has 0 heterocycles. The number of rotatable bonds is 5. The molecular formula is C16H18O2. The van der Waals surface area contributed by atoms with Crippen molar-refractivity contribution in [3.8, 4) is 17.2 Å². The summed E-state index contributed by atoms with van der Waals surface area (Å²) in [4.78, 5) is 0. The van der Waals surface area contributed by atoms with E-state index in [1.165, 1.54) is 0 Å². The number of hydrogen-bond donors (Lipinski definition) is 0. The Labute approximate surface area is 108 Å². The normalized spacial score (nSPS) is 10.1.